The first kappa shape index (κ1) is 14.8. The molecule has 0 radical (unpaired) electrons. The number of thiocarbonyl (C=S) groups is 1. The molecule has 1 aromatic carbocycles. The third-order valence-electron chi connectivity index (χ3n) is 3.37. The van der Waals surface area contributed by atoms with Crippen molar-refractivity contribution < 1.29 is 4.79 Å². The highest BCUT2D eigenvalue weighted by atomic mass is 32.1. The topological polar surface area (TPSA) is 44.4 Å². The normalized spacial score (nSPS) is 14.5. The average molecular weight is 291 g/mol. The summed E-state index contributed by atoms with van der Waals surface area (Å²) in [6.07, 6.45) is 2.61. The minimum Gasteiger partial charge on any atom is -0.362 e. The molecule has 2 N–H and O–H groups in total. The number of amides is 1. The van der Waals surface area contributed by atoms with Crippen molar-refractivity contribution in [3.8, 4) is 0 Å². The highest BCUT2D eigenvalue weighted by molar-refractivity contribution is 7.80. The first-order chi connectivity index (χ1) is 9.61. The first-order valence-corrected chi connectivity index (χ1v) is 7.48. The van der Waals surface area contributed by atoms with Crippen molar-refractivity contribution in [2.24, 2.45) is 0 Å². The summed E-state index contributed by atoms with van der Waals surface area (Å²) in [6, 6.07) is 6.00. The second-order valence-electron chi connectivity index (χ2n) is 5.03. The second-order valence-corrected chi connectivity index (χ2v) is 5.44. The molecule has 1 aliphatic heterocycles. The summed E-state index contributed by atoms with van der Waals surface area (Å²) in [4.78, 5) is 13.7. The maximum absolute atomic E-state index is 11.9. The van der Waals surface area contributed by atoms with Gasteiger partial charge in [0.25, 0.3) is 0 Å². The first-order valence-electron chi connectivity index (χ1n) is 7.07. The summed E-state index contributed by atoms with van der Waals surface area (Å²) in [7, 11) is 0. The van der Waals surface area contributed by atoms with Gasteiger partial charge in [-0.3, -0.25) is 4.79 Å². The number of hydrogen-bond donors (Lipinski definition) is 2. The predicted octanol–water partition coefficient (Wildman–Crippen LogP) is 2.82. The van der Waals surface area contributed by atoms with E-state index in [4.69, 9.17) is 12.2 Å². The standard InChI is InChI=1S/C15H21N3OS/c1-3-8-16-15(20)17-12-7-6-11(2)13(10-12)18-9-4-5-14(18)19/h6-7,10H,3-5,8-9H2,1-2H3,(H2,16,17,20). The van der Waals surface area contributed by atoms with E-state index in [2.05, 4.69) is 17.6 Å². The van der Waals surface area contributed by atoms with Crippen LogP contribution in [0.2, 0.25) is 0 Å². The minimum atomic E-state index is 0.205. The molecular formula is C15H21N3OS. The van der Waals surface area contributed by atoms with Gasteiger partial charge in [0.15, 0.2) is 5.11 Å². The third kappa shape index (κ3) is 3.48. The Hall–Kier alpha value is -1.62. The fraction of sp³-hybridized carbons (Fsp3) is 0.467. The summed E-state index contributed by atoms with van der Waals surface area (Å²) < 4.78 is 0. The monoisotopic (exact) mass is 291 g/mol. The quantitative estimate of drug-likeness (QED) is 0.837. The number of rotatable bonds is 4. The van der Waals surface area contributed by atoms with E-state index in [0.29, 0.717) is 11.5 Å². The molecule has 0 aliphatic carbocycles. The number of carbonyl (C=O) groups excluding carboxylic acids is 1. The SMILES string of the molecule is CCCNC(=S)Nc1ccc(C)c(N2CCCC2=O)c1. The molecule has 0 saturated carbocycles. The molecule has 0 aromatic heterocycles. The second kappa shape index (κ2) is 6.70. The van der Waals surface area contributed by atoms with Crippen molar-refractivity contribution in [3.63, 3.8) is 0 Å². The van der Waals surface area contributed by atoms with E-state index >= 15 is 0 Å². The third-order valence-corrected chi connectivity index (χ3v) is 3.61. The van der Waals surface area contributed by atoms with Crippen LogP contribution in [0.3, 0.4) is 0 Å². The number of anilines is 2. The van der Waals surface area contributed by atoms with E-state index in [0.717, 1.165) is 42.9 Å². The molecule has 1 fully saturated rings. The number of aryl methyl sites for hydroxylation is 1. The van der Waals surface area contributed by atoms with Gasteiger partial charge >= 0.3 is 0 Å². The van der Waals surface area contributed by atoms with E-state index in [-0.39, 0.29) is 5.91 Å². The van der Waals surface area contributed by atoms with Gasteiger partial charge in [-0.05, 0) is 49.7 Å². The van der Waals surface area contributed by atoms with Crippen LogP contribution in [0, 0.1) is 6.92 Å². The lowest BCUT2D eigenvalue weighted by atomic mass is 10.1. The van der Waals surface area contributed by atoms with Crippen LogP contribution in [0.4, 0.5) is 11.4 Å². The molecule has 1 aromatic rings. The molecule has 1 amide bonds. The number of nitrogens with one attached hydrogen (secondary N) is 2. The number of nitrogens with zero attached hydrogens (tertiary/aromatic N) is 1. The van der Waals surface area contributed by atoms with Gasteiger partial charge in [0.2, 0.25) is 5.91 Å². The Morgan fingerprint density at radius 3 is 2.90 bits per heavy atom. The molecule has 1 aliphatic rings. The van der Waals surface area contributed by atoms with Crippen molar-refractivity contribution in [3.05, 3.63) is 23.8 Å². The molecule has 0 unspecified atom stereocenters. The molecule has 1 heterocycles. The number of carbonyl (C=O) groups is 1. The summed E-state index contributed by atoms with van der Waals surface area (Å²) in [5, 5.41) is 6.92. The van der Waals surface area contributed by atoms with E-state index < -0.39 is 0 Å². The van der Waals surface area contributed by atoms with Crippen LogP contribution < -0.4 is 15.5 Å². The molecular weight excluding hydrogens is 270 g/mol. The zero-order valence-corrected chi connectivity index (χ0v) is 12.8. The van der Waals surface area contributed by atoms with Gasteiger partial charge in [0, 0.05) is 30.9 Å². The number of hydrogen-bond acceptors (Lipinski definition) is 2. The van der Waals surface area contributed by atoms with Crippen LogP contribution in [0.15, 0.2) is 18.2 Å². The van der Waals surface area contributed by atoms with E-state index in [1.807, 2.05) is 30.0 Å². The summed E-state index contributed by atoms with van der Waals surface area (Å²) in [5.41, 5.74) is 3.01. The minimum absolute atomic E-state index is 0.205. The smallest absolute Gasteiger partial charge is 0.227 e. The van der Waals surface area contributed by atoms with Crippen molar-refractivity contribution in [2.45, 2.75) is 33.1 Å². The molecule has 4 nitrogen and oxygen atoms in total. The maximum atomic E-state index is 11.9. The Morgan fingerprint density at radius 1 is 1.45 bits per heavy atom. The van der Waals surface area contributed by atoms with Crippen LogP contribution in [-0.4, -0.2) is 24.1 Å². The molecule has 108 valence electrons. The van der Waals surface area contributed by atoms with Gasteiger partial charge < -0.3 is 15.5 Å². The van der Waals surface area contributed by atoms with Gasteiger partial charge in [0.05, 0.1) is 0 Å². The Balaban J connectivity index is 2.12. The number of benzene rings is 1. The maximum Gasteiger partial charge on any atom is 0.227 e. The molecule has 1 saturated heterocycles. The van der Waals surface area contributed by atoms with E-state index in [1.165, 1.54) is 0 Å². The van der Waals surface area contributed by atoms with Crippen molar-refractivity contribution in [1.82, 2.24) is 5.32 Å². The lowest BCUT2D eigenvalue weighted by molar-refractivity contribution is -0.117. The summed E-state index contributed by atoms with van der Waals surface area (Å²) in [5.74, 6) is 0.205. The van der Waals surface area contributed by atoms with Crippen molar-refractivity contribution >= 4 is 34.6 Å². The van der Waals surface area contributed by atoms with Gasteiger partial charge in [0.1, 0.15) is 0 Å². The van der Waals surface area contributed by atoms with Crippen molar-refractivity contribution in [1.29, 1.82) is 0 Å². The molecule has 2 rings (SSSR count). The molecule has 0 spiro atoms. The summed E-state index contributed by atoms with van der Waals surface area (Å²) >= 11 is 5.23. The zero-order valence-electron chi connectivity index (χ0n) is 12.0. The lowest BCUT2D eigenvalue weighted by Gasteiger charge is -2.20. The predicted molar refractivity (Wildman–Crippen MR) is 87.3 cm³/mol. The van der Waals surface area contributed by atoms with E-state index in [1.54, 1.807) is 0 Å². The van der Waals surface area contributed by atoms with Crippen LogP contribution in [0.1, 0.15) is 31.7 Å². The lowest BCUT2D eigenvalue weighted by Crippen LogP contribution is -2.29. The average Bonchev–Trinajstić information content (AvgIpc) is 2.85. The van der Waals surface area contributed by atoms with E-state index in [9.17, 15) is 4.79 Å². The van der Waals surface area contributed by atoms with Gasteiger partial charge in [-0.1, -0.05) is 13.0 Å². The molecule has 0 bridgehead atoms. The van der Waals surface area contributed by atoms with Crippen LogP contribution >= 0.6 is 12.2 Å². The molecule has 0 atom stereocenters. The van der Waals surface area contributed by atoms with Gasteiger partial charge in [-0.25, -0.2) is 0 Å². The van der Waals surface area contributed by atoms with Crippen LogP contribution in [0.25, 0.3) is 0 Å². The zero-order chi connectivity index (χ0) is 14.5. The molecule has 5 heteroatoms. The van der Waals surface area contributed by atoms with Gasteiger partial charge in [-0.15, -0.1) is 0 Å². The Labute approximate surface area is 125 Å². The summed E-state index contributed by atoms with van der Waals surface area (Å²) in [6.45, 7) is 5.79. The fourth-order valence-electron chi connectivity index (χ4n) is 2.29. The van der Waals surface area contributed by atoms with Crippen molar-refractivity contribution in [2.75, 3.05) is 23.3 Å². The Bertz CT molecular complexity index is 516. The van der Waals surface area contributed by atoms with Crippen LogP contribution in [-0.2, 0) is 4.79 Å². The fourth-order valence-corrected chi connectivity index (χ4v) is 2.51. The van der Waals surface area contributed by atoms with Crippen LogP contribution in [0.5, 0.6) is 0 Å². The van der Waals surface area contributed by atoms with Gasteiger partial charge in [-0.2, -0.15) is 0 Å². The largest absolute Gasteiger partial charge is 0.362 e. The highest BCUT2D eigenvalue weighted by Gasteiger charge is 2.23. The Morgan fingerprint density at radius 2 is 2.25 bits per heavy atom. The Kier molecular flexibility index (Phi) is 4.95. The highest BCUT2D eigenvalue weighted by Crippen LogP contribution is 2.28. The molecule has 20 heavy (non-hydrogen) atoms.